The second-order valence-electron chi connectivity index (χ2n) is 5.28. The number of hydrogen-bond donors (Lipinski definition) is 2. The molecule has 0 fully saturated rings. The summed E-state index contributed by atoms with van der Waals surface area (Å²) in [5.41, 5.74) is 7.51. The van der Waals surface area contributed by atoms with Gasteiger partial charge in [0.05, 0.1) is 10.9 Å². The summed E-state index contributed by atoms with van der Waals surface area (Å²) < 4.78 is 5.36. The second-order valence-corrected chi connectivity index (χ2v) is 5.28. The van der Waals surface area contributed by atoms with Crippen LogP contribution in [0, 0.1) is 0 Å². The third kappa shape index (κ3) is 2.33. The Morgan fingerprint density at radius 1 is 1.18 bits per heavy atom. The zero-order valence-electron chi connectivity index (χ0n) is 12.2. The number of rotatable bonds is 3. The first-order valence-electron chi connectivity index (χ1n) is 7.22. The Morgan fingerprint density at radius 2 is 1.95 bits per heavy atom. The van der Waals surface area contributed by atoms with Crippen LogP contribution in [0.15, 0.2) is 57.7 Å². The average molecular weight is 295 g/mol. The molecule has 3 N–H and O–H groups in total. The van der Waals surface area contributed by atoms with Gasteiger partial charge < -0.3 is 15.3 Å². The molecule has 1 atom stereocenters. The Morgan fingerprint density at radius 3 is 2.68 bits per heavy atom. The van der Waals surface area contributed by atoms with Gasteiger partial charge in [-0.25, -0.2) is 4.79 Å². The molecule has 0 saturated carbocycles. The molecule has 0 aliphatic rings. The molecule has 0 amide bonds. The molecule has 112 valence electrons. The van der Waals surface area contributed by atoms with E-state index in [9.17, 15) is 9.90 Å². The van der Waals surface area contributed by atoms with E-state index in [1.54, 1.807) is 30.3 Å². The summed E-state index contributed by atoms with van der Waals surface area (Å²) in [6.07, 6.45) is 0.653. The number of benzene rings is 2. The van der Waals surface area contributed by atoms with Crippen LogP contribution in [0.4, 0.5) is 5.69 Å². The van der Waals surface area contributed by atoms with Crippen LogP contribution < -0.4 is 11.4 Å². The molecule has 3 aromatic rings. The number of nitrogen functional groups attached to an aromatic ring is 1. The Balaban J connectivity index is 2.25. The van der Waals surface area contributed by atoms with E-state index in [4.69, 9.17) is 10.2 Å². The maximum atomic E-state index is 12.4. The van der Waals surface area contributed by atoms with Gasteiger partial charge in [-0.3, -0.25) is 0 Å². The van der Waals surface area contributed by atoms with Gasteiger partial charge in [0.15, 0.2) is 0 Å². The van der Waals surface area contributed by atoms with Crippen molar-refractivity contribution in [3.63, 3.8) is 0 Å². The molecule has 4 nitrogen and oxygen atoms in total. The SMILES string of the molecule is CCC(c1cccc(N)c1)c1c(O)c2ccccc2oc1=O. The minimum atomic E-state index is -0.509. The highest BCUT2D eigenvalue weighted by Crippen LogP contribution is 2.36. The van der Waals surface area contributed by atoms with Crippen molar-refractivity contribution in [1.29, 1.82) is 0 Å². The molecule has 0 aliphatic carbocycles. The fourth-order valence-corrected chi connectivity index (χ4v) is 2.84. The summed E-state index contributed by atoms with van der Waals surface area (Å²) in [4.78, 5) is 12.4. The monoisotopic (exact) mass is 295 g/mol. The van der Waals surface area contributed by atoms with Gasteiger partial charge in [0.2, 0.25) is 0 Å². The van der Waals surface area contributed by atoms with E-state index >= 15 is 0 Å². The Bertz CT molecular complexity index is 883. The molecule has 1 heterocycles. The summed E-state index contributed by atoms with van der Waals surface area (Å²) in [6, 6.07) is 14.3. The van der Waals surface area contributed by atoms with Gasteiger partial charge in [0.1, 0.15) is 11.3 Å². The van der Waals surface area contributed by atoms with Crippen LogP contribution in [0.2, 0.25) is 0 Å². The lowest BCUT2D eigenvalue weighted by Gasteiger charge is -2.17. The Labute approximate surface area is 127 Å². The van der Waals surface area contributed by atoms with Crippen molar-refractivity contribution in [2.24, 2.45) is 0 Å². The predicted octanol–water partition coefficient (Wildman–Crippen LogP) is 3.62. The molecule has 3 rings (SSSR count). The smallest absolute Gasteiger partial charge is 0.343 e. The minimum absolute atomic E-state index is 0.0128. The third-order valence-corrected chi connectivity index (χ3v) is 3.89. The highest BCUT2D eigenvalue weighted by atomic mass is 16.4. The zero-order valence-corrected chi connectivity index (χ0v) is 12.2. The van der Waals surface area contributed by atoms with Crippen molar-refractivity contribution in [2.75, 3.05) is 5.73 Å². The molecule has 2 aromatic carbocycles. The van der Waals surface area contributed by atoms with Gasteiger partial charge in [0.25, 0.3) is 0 Å². The topological polar surface area (TPSA) is 76.5 Å². The van der Waals surface area contributed by atoms with Crippen molar-refractivity contribution in [2.45, 2.75) is 19.3 Å². The molecule has 0 aliphatic heterocycles. The Kier molecular flexibility index (Phi) is 3.59. The summed E-state index contributed by atoms with van der Waals surface area (Å²) in [7, 11) is 0. The van der Waals surface area contributed by atoms with Crippen LogP contribution in [0.25, 0.3) is 11.0 Å². The average Bonchev–Trinajstić information content (AvgIpc) is 2.51. The predicted molar refractivity (Wildman–Crippen MR) is 87.1 cm³/mol. The van der Waals surface area contributed by atoms with E-state index in [1.807, 2.05) is 25.1 Å². The first-order chi connectivity index (χ1) is 10.6. The second kappa shape index (κ2) is 5.56. The van der Waals surface area contributed by atoms with Crippen LogP contribution >= 0.6 is 0 Å². The van der Waals surface area contributed by atoms with E-state index in [0.29, 0.717) is 23.1 Å². The standard InChI is InChI=1S/C18H17NO3/c1-2-13(11-6-5-7-12(19)10-11)16-17(20)14-8-3-4-9-15(14)22-18(16)21/h3-10,13,20H,2,19H2,1H3. The summed E-state index contributed by atoms with van der Waals surface area (Å²) in [5, 5.41) is 11.1. The lowest BCUT2D eigenvalue weighted by atomic mass is 9.88. The van der Waals surface area contributed by atoms with Gasteiger partial charge in [-0.15, -0.1) is 0 Å². The van der Waals surface area contributed by atoms with Gasteiger partial charge in [-0.2, -0.15) is 0 Å². The molecule has 22 heavy (non-hydrogen) atoms. The zero-order chi connectivity index (χ0) is 15.7. The molecular weight excluding hydrogens is 278 g/mol. The van der Waals surface area contributed by atoms with Gasteiger partial charge in [-0.1, -0.05) is 31.2 Å². The van der Waals surface area contributed by atoms with E-state index in [0.717, 1.165) is 5.56 Å². The quantitative estimate of drug-likeness (QED) is 0.571. The molecule has 4 heteroatoms. The molecule has 1 unspecified atom stereocenters. The van der Waals surface area contributed by atoms with Crippen LogP contribution in [0.3, 0.4) is 0 Å². The minimum Gasteiger partial charge on any atom is -0.507 e. The number of fused-ring (bicyclic) bond motifs is 1. The van der Waals surface area contributed by atoms with Crippen molar-refractivity contribution >= 4 is 16.7 Å². The first kappa shape index (κ1) is 14.2. The summed E-state index contributed by atoms with van der Waals surface area (Å²) >= 11 is 0. The molecule has 0 saturated heterocycles. The largest absolute Gasteiger partial charge is 0.507 e. The molecule has 1 aromatic heterocycles. The fourth-order valence-electron chi connectivity index (χ4n) is 2.84. The molecule has 0 radical (unpaired) electrons. The van der Waals surface area contributed by atoms with Crippen molar-refractivity contribution in [3.8, 4) is 5.75 Å². The van der Waals surface area contributed by atoms with Crippen LogP contribution in [-0.2, 0) is 0 Å². The maximum absolute atomic E-state index is 12.4. The fraction of sp³-hybridized carbons (Fsp3) is 0.167. The highest BCUT2D eigenvalue weighted by Gasteiger charge is 2.23. The van der Waals surface area contributed by atoms with Crippen LogP contribution in [-0.4, -0.2) is 5.11 Å². The van der Waals surface area contributed by atoms with Gasteiger partial charge >= 0.3 is 5.63 Å². The lowest BCUT2D eigenvalue weighted by Crippen LogP contribution is -2.14. The third-order valence-electron chi connectivity index (χ3n) is 3.89. The summed E-state index contributed by atoms with van der Waals surface area (Å²) in [6.45, 7) is 1.96. The van der Waals surface area contributed by atoms with Crippen LogP contribution in [0.5, 0.6) is 5.75 Å². The number of para-hydroxylation sites is 1. The molecular formula is C18H17NO3. The molecule has 0 spiro atoms. The number of anilines is 1. The number of hydrogen-bond acceptors (Lipinski definition) is 4. The van der Waals surface area contributed by atoms with Crippen molar-refractivity contribution in [3.05, 3.63) is 70.1 Å². The lowest BCUT2D eigenvalue weighted by molar-refractivity contribution is 0.450. The maximum Gasteiger partial charge on any atom is 0.343 e. The van der Waals surface area contributed by atoms with Gasteiger partial charge in [-0.05, 0) is 36.2 Å². The van der Waals surface area contributed by atoms with E-state index < -0.39 is 5.63 Å². The van der Waals surface area contributed by atoms with Gasteiger partial charge in [0, 0.05) is 11.6 Å². The summed E-state index contributed by atoms with van der Waals surface area (Å²) in [5.74, 6) is -0.273. The normalized spacial score (nSPS) is 12.4. The molecule has 0 bridgehead atoms. The van der Waals surface area contributed by atoms with Crippen molar-refractivity contribution in [1.82, 2.24) is 0 Å². The van der Waals surface area contributed by atoms with E-state index in [2.05, 4.69) is 0 Å². The Hall–Kier alpha value is -2.75. The van der Waals surface area contributed by atoms with E-state index in [1.165, 1.54) is 0 Å². The highest BCUT2D eigenvalue weighted by molar-refractivity contribution is 5.84. The van der Waals surface area contributed by atoms with E-state index in [-0.39, 0.29) is 17.2 Å². The first-order valence-corrected chi connectivity index (χ1v) is 7.22. The number of aromatic hydroxyl groups is 1. The van der Waals surface area contributed by atoms with Crippen LogP contribution in [0.1, 0.15) is 30.4 Å². The van der Waals surface area contributed by atoms with Crippen molar-refractivity contribution < 1.29 is 9.52 Å². The number of nitrogens with two attached hydrogens (primary N) is 1.